The number of aliphatic hydroxyl groups is 1. The van der Waals surface area contributed by atoms with Crippen molar-refractivity contribution in [2.45, 2.75) is 12.2 Å². The minimum absolute atomic E-state index is 0.238. The van der Waals surface area contributed by atoms with Gasteiger partial charge in [-0.1, -0.05) is 18.2 Å². The van der Waals surface area contributed by atoms with Crippen molar-refractivity contribution in [3.8, 4) is 23.0 Å². The summed E-state index contributed by atoms with van der Waals surface area (Å²) in [5, 5.41) is 28.7. The SMILES string of the molecule is O=C/C=C/c1ccc2c(c1)O[C@H](c1ccc(O)c(O)c1)[C@@H](CO)O2. The highest BCUT2D eigenvalue weighted by Crippen LogP contribution is 2.41. The molecule has 124 valence electrons. The van der Waals surface area contributed by atoms with Gasteiger partial charge in [0.15, 0.2) is 35.2 Å². The van der Waals surface area contributed by atoms with Gasteiger partial charge in [-0.15, -0.1) is 0 Å². The number of aromatic hydroxyl groups is 2. The van der Waals surface area contributed by atoms with Crippen LogP contribution in [0.4, 0.5) is 0 Å². The molecule has 3 N–H and O–H groups in total. The largest absolute Gasteiger partial charge is 0.504 e. The number of aldehydes is 1. The Kier molecular flexibility index (Phi) is 4.39. The fraction of sp³-hybridized carbons (Fsp3) is 0.167. The van der Waals surface area contributed by atoms with Crippen LogP contribution in [0, 0.1) is 0 Å². The van der Waals surface area contributed by atoms with Crippen molar-refractivity contribution in [2.24, 2.45) is 0 Å². The number of carbonyl (C=O) groups excluding carboxylic acids is 1. The van der Waals surface area contributed by atoms with Gasteiger partial charge in [-0.25, -0.2) is 0 Å². The van der Waals surface area contributed by atoms with E-state index in [0.29, 0.717) is 23.3 Å². The number of phenols is 2. The molecule has 0 saturated heterocycles. The molecule has 0 bridgehead atoms. The minimum atomic E-state index is -0.655. The molecule has 6 nitrogen and oxygen atoms in total. The third kappa shape index (κ3) is 3.04. The molecule has 1 aliphatic rings. The third-order valence-corrected chi connectivity index (χ3v) is 3.71. The zero-order valence-electron chi connectivity index (χ0n) is 12.6. The van der Waals surface area contributed by atoms with Crippen molar-refractivity contribution in [1.82, 2.24) is 0 Å². The molecule has 0 aromatic heterocycles. The Morgan fingerprint density at radius 3 is 2.54 bits per heavy atom. The van der Waals surface area contributed by atoms with Crippen molar-refractivity contribution in [3.05, 3.63) is 53.6 Å². The second-order valence-corrected chi connectivity index (χ2v) is 5.33. The molecule has 3 rings (SSSR count). The normalized spacial score (nSPS) is 19.4. The van der Waals surface area contributed by atoms with Crippen LogP contribution < -0.4 is 9.47 Å². The zero-order chi connectivity index (χ0) is 17.1. The van der Waals surface area contributed by atoms with Gasteiger partial charge in [-0.3, -0.25) is 4.79 Å². The summed E-state index contributed by atoms with van der Waals surface area (Å²) >= 11 is 0. The summed E-state index contributed by atoms with van der Waals surface area (Å²) in [5.41, 5.74) is 1.32. The first-order valence-corrected chi connectivity index (χ1v) is 7.34. The highest BCUT2D eigenvalue weighted by atomic mass is 16.6. The number of hydrogen-bond acceptors (Lipinski definition) is 6. The van der Waals surface area contributed by atoms with Gasteiger partial charge < -0.3 is 24.8 Å². The first-order valence-electron chi connectivity index (χ1n) is 7.34. The van der Waals surface area contributed by atoms with Gasteiger partial charge in [-0.2, -0.15) is 0 Å². The number of hydrogen-bond donors (Lipinski definition) is 3. The number of rotatable bonds is 4. The molecular weight excluding hydrogens is 312 g/mol. The lowest BCUT2D eigenvalue weighted by Crippen LogP contribution is -2.36. The smallest absolute Gasteiger partial charge is 0.163 e. The summed E-state index contributed by atoms with van der Waals surface area (Å²) in [6.07, 6.45) is 2.38. The van der Waals surface area contributed by atoms with Gasteiger partial charge in [0.05, 0.1) is 6.61 Å². The first kappa shape index (κ1) is 15.9. The van der Waals surface area contributed by atoms with Crippen LogP contribution >= 0.6 is 0 Å². The topological polar surface area (TPSA) is 96.2 Å². The van der Waals surface area contributed by atoms with Crippen LogP contribution in [0.3, 0.4) is 0 Å². The predicted octanol–water partition coefficient (Wildman–Crippen LogP) is 2.18. The Bertz CT molecular complexity index is 783. The maximum absolute atomic E-state index is 10.4. The maximum atomic E-state index is 10.4. The van der Waals surface area contributed by atoms with E-state index in [1.807, 2.05) is 0 Å². The van der Waals surface area contributed by atoms with Crippen LogP contribution in [0.15, 0.2) is 42.5 Å². The lowest BCUT2D eigenvalue weighted by Gasteiger charge is -2.33. The molecule has 0 amide bonds. The molecule has 1 heterocycles. The van der Waals surface area contributed by atoms with Crippen molar-refractivity contribution in [1.29, 1.82) is 0 Å². The minimum Gasteiger partial charge on any atom is -0.504 e. The van der Waals surface area contributed by atoms with Crippen molar-refractivity contribution < 1.29 is 29.6 Å². The van der Waals surface area contributed by atoms with Crippen LogP contribution in [-0.2, 0) is 4.79 Å². The van der Waals surface area contributed by atoms with Gasteiger partial charge in [-0.05, 0) is 35.9 Å². The number of allylic oxidation sites excluding steroid dienone is 1. The average molecular weight is 328 g/mol. The van der Waals surface area contributed by atoms with Gasteiger partial charge >= 0.3 is 0 Å². The molecule has 2 aromatic rings. The molecule has 6 heteroatoms. The Balaban J connectivity index is 1.95. The van der Waals surface area contributed by atoms with Crippen LogP contribution in [-0.4, -0.2) is 34.3 Å². The number of aliphatic hydroxyl groups excluding tert-OH is 1. The average Bonchev–Trinajstić information content (AvgIpc) is 2.61. The van der Waals surface area contributed by atoms with Crippen LogP contribution in [0.5, 0.6) is 23.0 Å². The van der Waals surface area contributed by atoms with Crippen LogP contribution in [0.2, 0.25) is 0 Å². The number of phenolic OH excluding ortho intramolecular Hbond substituents is 2. The molecular formula is C18H16O6. The number of carbonyl (C=O) groups is 1. The molecule has 0 unspecified atom stereocenters. The van der Waals surface area contributed by atoms with E-state index in [4.69, 9.17) is 9.47 Å². The quantitative estimate of drug-likeness (QED) is 0.452. The number of fused-ring (bicyclic) bond motifs is 1. The number of ether oxygens (including phenoxy) is 2. The molecule has 0 spiro atoms. The monoisotopic (exact) mass is 328 g/mol. The van der Waals surface area contributed by atoms with Gasteiger partial charge in [0.1, 0.15) is 6.29 Å². The van der Waals surface area contributed by atoms with Crippen molar-refractivity contribution >= 4 is 12.4 Å². The molecule has 24 heavy (non-hydrogen) atoms. The van der Waals surface area contributed by atoms with Gasteiger partial charge in [0, 0.05) is 5.56 Å². The molecule has 2 atom stereocenters. The van der Waals surface area contributed by atoms with Gasteiger partial charge in [0.2, 0.25) is 0 Å². The van der Waals surface area contributed by atoms with E-state index in [1.54, 1.807) is 30.3 Å². The maximum Gasteiger partial charge on any atom is 0.163 e. The second-order valence-electron chi connectivity index (χ2n) is 5.33. The lowest BCUT2D eigenvalue weighted by atomic mass is 10.0. The van der Waals surface area contributed by atoms with E-state index >= 15 is 0 Å². The van der Waals surface area contributed by atoms with E-state index in [2.05, 4.69) is 0 Å². The van der Waals surface area contributed by atoms with Crippen molar-refractivity contribution in [2.75, 3.05) is 6.61 Å². The van der Waals surface area contributed by atoms with E-state index in [9.17, 15) is 20.1 Å². The highest BCUT2D eigenvalue weighted by molar-refractivity contribution is 5.74. The summed E-state index contributed by atoms with van der Waals surface area (Å²) < 4.78 is 11.7. The zero-order valence-corrected chi connectivity index (χ0v) is 12.6. The molecule has 0 fully saturated rings. The lowest BCUT2D eigenvalue weighted by molar-refractivity contribution is -0.104. The summed E-state index contributed by atoms with van der Waals surface area (Å²) in [6, 6.07) is 9.49. The summed E-state index contributed by atoms with van der Waals surface area (Å²) in [7, 11) is 0. The van der Waals surface area contributed by atoms with Crippen LogP contribution in [0.1, 0.15) is 17.2 Å². The third-order valence-electron chi connectivity index (χ3n) is 3.71. The summed E-state index contributed by atoms with van der Waals surface area (Å²) in [5.74, 6) is 0.431. The van der Waals surface area contributed by atoms with Crippen molar-refractivity contribution in [3.63, 3.8) is 0 Å². The second kappa shape index (κ2) is 6.64. The molecule has 0 radical (unpaired) electrons. The summed E-state index contributed by atoms with van der Waals surface area (Å²) in [4.78, 5) is 10.4. The Hall–Kier alpha value is -2.99. The standard InChI is InChI=1S/C18H16O6/c19-7-1-2-11-3-6-15-16(8-11)24-18(17(10-20)23-15)12-4-5-13(21)14(22)9-12/h1-9,17-18,20-22H,10H2/b2-1+/t17-,18-/m1/s1. The number of benzene rings is 2. The van der Waals surface area contributed by atoms with E-state index in [-0.39, 0.29) is 18.1 Å². The van der Waals surface area contributed by atoms with Gasteiger partial charge in [0.25, 0.3) is 0 Å². The Morgan fingerprint density at radius 1 is 1.00 bits per heavy atom. The van der Waals surface area contributed by atoms with E-state index < -0.39 is 12.2 Å². The fourth-order valence-corrected chi connectivity index (χ4v) is 2.54. The van der Waals surface area contributed by atoms with E-state index in [1.165, 1.54) is 18.2 Å². The molecule has 0 saturated carbocycles. The van der Waals surface area contributed by atoms with Crippen LogP contribution in [0.25, 0.3) is 6.08 Å². The first-order chi connectivity index (χ1) is 11.6. The Morgan fingerprint density at radius 2 is 1.83 bits per heavy atom. The summed E-state index contributed by atoms with van der Waals surface area (Å²) in [6.45, 7) is -0.279. The predicted molar refractivity (Wildman–Crippen MR) is 86.2 cm³/mol. The fourth-order valence-electron chi connectivity index (χ4n) is 2.54. The highest BCUT2D eigenvalue weighted by Gasteiger charge is 2.33. The molecule has 0 aliphatic carbocycles. The Labute approximate surface area is 138 Å². The molecule has 1 aliphatic heterocycles. The molecule has 2 aromatic carbocycles. The van der Waals surface area contributed by atoms with E-state index in [0.717, 1.165) is 5.56 Å².